The summed E-state index contributed by atoms with van der Waals surface area (Å²) in [4.78, 5) is 11.2. The van der Waals surface area contributed by atoms with Gasteiger partial charge in [0.05, 0.1) is 24.4 Å². The third-order valence-corrected chi connectivity index (χ3v) is 5.49. The van der Waals surface area contributed by atoms with Gasteiger partial charge >= 0.3 is 0 Å². The van der Waals surface area contributed by atoms with Gasteiger partial charge in [-0.15, -0.1) is 0 Å². The molecule has 2 rings (SSSR count). The summed E-state index contributed by atoms with van der Waals surface area (Å²) in [6.45, 7) is 2.14. The van der Waals surface area contributed by atoms with Gasteiger partial charge in [0.15, 0.2) is 0 Å². The zero-order chi connectivity index (χ0) is 12.4. The Morgan fingerprint density at radius 3 is 2.12 bits per heavy atom. The smallest absolute Gasteiger partial charge is 0.122 e. The van der Waals surface area contributed by atoms with Crippen molar-refractivity contribution in [1.82, 2.24) is 0 Å². The maximum absolute atomic E-state index is 10.5. The number of halogens is 2. The molecule has 6 atom stereocenters. The van der Waals surface area contributed by atoms with Gasteiger partial charge in [-0.1, -0.05) is 38.8 Å². The van der Waals surface area contributed by atoms with Crippen molar-refractivity contribution in [2.75, 3.05) is 0 Å². The summed E-state index contributed by atoms with van der Waals surface area (Å²) in [5.41, 5.74) is 0. The van der Waals surface area contributed by atoms with Gasteiger partial charge in [-0.3, -0.25) is 0 Å². The summed E-state index contributed by atoms with van der Waals surface area (Å²) in [6, 6.07) is 0. The molecule has 17 heavy (non-hydrogen) atoms. The number of ether oxygens (including phenoxy) is 2. The van der Waals surface area contributed by atoms with Crippen LogP contribution in [0.2, 0.25) is 0 Å². The lowest BCUT2D eigenvalue weighted by atomic mass is 10.1. The fourth-order valence-electron chi connectivity index (χ4n) is 2.61. The van der Waals surface area contributed by atoms with Crippen molar-refractivity contribution in [1.29, 1.82) is 0 Å². The number of carbonyl (C=O) groups excluding carboxylic acids is 1. The molecule has 0 spiro atoms. The molecule has 0 bridgehead atoms. The topological polar surface area (TPSA) is 35.5 Å². The van der Waals surface area contributed by atoms with Crippen LogP contribution in [0.3, 0.4) is 0 Å². The van der Waals surface area contributed by atoms with Crippen molar-refractivity contribution in [2.45, 2.75) is 66.7 Å². The molecule has 2 aliphatic heterocycles. The second-order valence-electron chi connectivity index (χ2n) is 4.74. The summed E-state index contributed by atoms with van der Waals surface area (Å²) in [5.74, 6) is 0. The fourth-order valence-corrected chi connectivity index (χ4v) is 4.18. The van der Waals surface area contributed by atoms with Gasteiger partial charge < -0.3 is 14.3 Å². The van der Waals surface area contributed by atoms with Crippen LogP contribution >= 0.6 is 31.9 Å². The SMILES string of the molecule is CC[C@H]1O[C@@H]([C@@H]2C[C@@H](Br)[C@H](CC=O)O2)C[C@@H]1Br. The highest BCUT2D eigenvalue weighted by atomic mass is 79.9. The summed E-state index contributed by atoms with van der Waals surface area (Å²) in [5, 5.41) is 0. The maximum Gasteiger partial charge on any atom is 0.122 e. The standard InChI is InChI=1S/C12H18Br2O3/c1-2-9-7(13)5-11(16-9)12-6-8(14)10(17-12)3-4-15/h4,7-12H,2-3,5-6H2,1H3/t7-,8+,9+,10-,11+,12-/m0/s1. The third kappa shape index (κ3) is 3.11. The Kier molecular flexibility index (Phi) is 5.04. The molecule has 0 amide bonds. The number of hydrogen-bond acceptors (Lipinski definition) is 3. The molecular weight excluding hydrogens is 352 g/mol. The monoisotopic (exact) mass is 368 g/mol. The van der Waals surface area contributed by atoms with E-state index in [1.54, 1.807) is 0 Å². The first-order valence-electron chi connectivity index (χ1n) is 6.18. The summed E-state index contributed by atoms with van der Waals surface area (Å²) in [7, 11) is 0. The zero-order valence-corrected chi connectivity index (χ0v) is 13.0. The van der Waals surface area contributed by atoms with Crippen LogP contribution in [0.4, 0.5) is 0 Å². The van der Waals surface area contributed by atoms with Crippen molar-refractivity contribution in [3.8, 4) is 0 Å². The van der Waals surface area contributed by atoms with Crippen LogP contribution < -0.4 is 0 Å². The zero-order valence-electron chi connectivity index (χ0n) is 9.85. The van der Waals surface area contributed by atoms with E-state index in [0.717, 1.165) is 25.5 Å². The molecule has 2 aliphatic rings. The lowest BCUT2D eigenvalue weighted by Gasteiger charge is -2.19. The maximum atomic E-state index is 10.5. The first-order chi connectivity index (χ1) is 8.15. The first kappa shape index (κ1) is 14.0. The predicted molar refractivity (Wildman–Crippen MR) is 73.0 cm³/mol. The quantitative estimate of drug-likeness (QED) is 0.564. The molecule has 0 N–H and O–H groups in total. The molecule has 2 fully saturated rings. The Morgan fingerprint density at radius 1 is 1.12 bits per heavy atom. The van der Waals surface area contributed by atoms with E-state index < -0.39 is 0 Å². The van der Waals surface area contributed by atoms with Gasteiger partial charge in [0, 0.05) is 16.1 Å². The molecule has 3 nitrogen and oxygen atoms in total. The molecule has 5 heteroatoms. The van der Waals surface area contributed by atoms with Gasteiger partial charge in [0.25, 0.3) is 0 Å². The van der Waals surface area contributed by atoms with Crippen LogP contribution in [0.25, 0.3) is 0 Å². The minimum atomic E-state index is 0.00977. The van der Waals surface area contributed by atoms with E-state index in [-0.39, 0.29) is 23.1 Å². The molecule has 0 aromatic rings. The highest BCUT2D eigenvalue weighted by Gasteiger charge is 2.43. The summed E-state index contributed by atoms with van der Waals surface area (Å²) in [6.07, 6.45) is 4.94. The van der Waals surface area contributed by atoms with Gasteiger partial charge in [-0.2, -0.15) is 0 Å². The van der Waals surface area contributed by atoms with Gasteiger partial charge in [-0.05, 0) is 19.3 Å². The molecule has 0 unspecified atom stereocenters. The second-order valence-corrected chi connectivity index (χ2v) is 7.09. The summed E-state index contributed by atoms with van der Waals surface area (Å²) < 4.78 is 11.9. The van der Waals surface area contributed by atoms with Crippen LogP contribution in [0.1, 0.15) is 32.6 Å². The normalized spacial score (nSPS) is 46.3. The van der Waals surface area contributed by atoms with Crippen LogP contribution in [0.15, 0.2) is 0 Å². The fraction of sp³-hybridized carbons (Fsp3) is 0.917. The number of alkyl halides is 2. The molecule has 0 aromatic heterocycles. The van der Waals surface area contributed by atoms with E-state index in [4.69, 9.17) is 9.47 Å². The predicted octanol–water partition coefficient (Wildman–Crippen LogP) is 2.83. The Morgan fingerprint density at radius 2 is 1.65 bits per heavy atom. The highest BCUT2D eigenvalue weighted by Crippen LogP contribution is 2.37. The van der Waals surface area contributed by atoms with E-state index in [0.29, 0.717) is 17.4 Å². The van der Waals surface area contributed by atoms with Gasteiger partial charge in [-0.25, -0.2) is 0 Å². The molecule has 0 saturated carbocycles. The number of hydrogen-bond donors (Lipinski definition) is 0. The second kappa shape index (κ2) is 6.13. The van der Waals surface area contributed by atoms with Crippen molar-refractivity contribution >= 4 is 38.1 Å². The Hall–Kier alpha value is 0.550. The van der Waals surface area contributed by atoms with E-state index in [1.807, 2.05) is 0 Å². The molecule has 98 valence electrons. The minimum absolute atomic E-state index is 0.00977. The molecule has 2 heterocycles. The molecule has 0 aliphatic carbocycles. The number of carbonyl (C=O) groups is 1. The van der Waals surface area contributed by atoms with Crippen LogP contribution in [0, 0.1) is 0 Å². The Labute approximate surface area is 119 Å². The number of aldehydes is 1. The van der Waals surface area contributed by atoms with Crippen molar-refractivity contribution in [2.24, 2.45) is 0 Å². The minimum Gasteiger partial charge on any atom is -0.371 e. The van der Waals surface area contributed by atoms with E-state index >= 15 is 0 Å². The summed E-state index contributed by atoms with van der Waals surface area (Å²) >= 11 is 7.25. The lowest BCUT2D eigenvalue weighted by Crippen LogP contribution is -2.27. The number of rotatable bonds is 4. The highest BCUT2D eigenvalue weighted by molar-refractivity contribution is 9.09. The molecule has 0 aromatic carbocycles. The Balaban J connectivity index is 1.90. The Bertz CT molecular complexity index is 274. The van der Waals surface area contributed by atoms with Crippen LogP contribution in [-0.4, -0.2) is 40.4 Å². The van der Waals surface area contributed by atoms with Gasteiger partial charge in [0.1, 0.15) is 6.29 Å². The molecular formula is C12H18Br2O3. The van der Waals surface area contributed by atoms with Crippen LogP contribution in [-0.2, 0) is 14.3 Å². The lowest BCUT2D eigenvalue weighted by molar-refractivity contribution is -0.112. The third-order valence-electron chi connectivity index (χ3n) is 3.57. The first-order valence-corrected chi connectivity index (χ1v) is 8.01. The van der Waals surface area contributed by atoms with Crippen molar-refractivity contribution in [3.05, 3.63) is 0 Å². The van der Waals surface area contributed by atoms with Crippen molar-refractivity contribution in [3.63, 3.8) is 0 Å². The van der Waals surface area contributed by atoms with E-state index in [2.05, 4.69) is 38.8 Å². The largest absolute Gasteiger partial charge is 0.371 e. The molecule has 2 saturated heterocycles. The van der Waals surface area contributed by atoms with E-state index in [9.17, 15) is 4.79 Å². The average Bonchev–Trinajstić information content (AvgIpc) is 2.84. The van der Waals surface area contributed by atoms with E-state index in [1.165, 1.54) is 0 Å². The average molecular weight is 370 g/mol. The van der Waals surface area contributed by atoms with Crippen LogP contribution in [0.5, 0.6) is 0 Å². The van der Waals surface area contributed by atoms with Crippen molar-refractivity contribution < 1.29 is 14.3 Å². The molecule has 0 radical (unpaired) electrons. The van der Waals surface area contributed by atoms with Gasteiger partial charge in [0.2, 0.25) is 0 Å².